The van der Waals surface area contributed by atoms with Crippen LogP contribution < -0.4 is 10.6 Å². The number of halogens is 3. The van der Waals surface area contributed by atoms with Gasteiger partial charge in [-0.2, -0.15) is 0 Å². The predicted octanol–water partition coefficient (Wildman–Crippen LogP) is 4.38. The number of alkyl halides is 3. The number of nitrogens with one attached hydrogen (secondary N) is 2. The number of likely N-dealkylation sites (N-methyl/N-ethyl adjacent to an activating group) is 2. The molecule has 1 aromatic carbocycles. The average Bonchev–Trinajstić information content (AvgIpc) is 3.70. The minimum Gasteiger partial charge on any atom is -0.390 e. The molecule has 6 atom stereocenters. The average molecular weight is 762 g/mol. The molecule has 2 aromatic rings. The molecule has 5 unspecified atom stereocenters. The van der Waals surface area contributed by atoms with E-state index in [2.05, 4.69) is 27.5 Å². The molecule has 1 aliphatic rings. The molecule has 1 heterocycles. The molecule has 10 nitrogen and oxygen atoms in total. The fourth-order valence-electron chi connectivity index (χ4n) is 6.34. The lowest BCUT2D eigenvalue weighted by atomic mass is 9.82. The van der Waals surface area contributed by atoms with Crippen LogP contribution in [-0.2, 0) is 20.8 Å². The lowest BCUT2D eigenvalue weighted by Gasteiger charge is -2.34. The lowest BCUT2D eigenvalue weighted by Crippen LogP contribution is -2.57. The molecule has 1 saturated carbocycles. The summed E-state index contributed by atoms with van der Waals surface area (Å²) in [4.78, 5) is 49.0. The number of carbonyl (C=O) groups is 3. The Labute approximate surface area is 315 Å². The minimum absolute atomic E-state index is 0.160. The van der Waals surface area contributed by atoms with Gasteiger partial charge < -0.3 is 25.7 Å². The van der Waals surface area contributed by atoms with Crippen LogP contribution in [0.4, 0.5) is 13.2 Å². The highest BCUT2D eigenvalue weighted by atomic mass is 32.1. The maximum Gasteiger partial charge on any atom is 0.244 e. The van der Waals surface area contributed by atoms with Crippen molar-refractivity contribution in [2.45, 2.75) is 94.4 Å². The number of nitrogens with zero attached hydrogens (tertiary/aromatic N) is 3. The number of hydrogen-bond acceptors (Lipinski definition) is 8. The van der Waals surface area contributed by atoms with Gasteiger partial charge in [0.15, 0.2) is 0 Å². The first kappa shape index (κ1) is 45.2. The van der Waals surface area contributed by atoms with E-state index in [9.17, 15) is 37.8 Å². The first-order valence-corrected chi connectivity index (χ1v) is 18.8. The molecule has 14 heteroatoms. The summed E-state index contributed by atoms with van der Waals surface area (Å²) in [5, 5.41) is 29.6. The molecular weight excluding hydrogens is 708 g/mol. The SMILES string of the molecule is C#CCCC(O)C(O)C(CC1CCCCC1)NC(=O)[C@@H](NC(=O)C(CC(=O)N(C)CCN(C)CF)Cc1ccccc1)C(C#C)c1cscn1.FCF. The minimum atomic E-state index is -1.75. The topological polar surface area (TPSA) is 135 Å². The molecular formula is C39H54F3N5O5S. The highest BCUT2D eigenvalue weighted by molar-refractivity contribution is 7.07. The third-order valence-electron chi connectivity index (χ3n) is 9.46. The van der Waals surface area contributed by atoms with Gasteiger partial charge in [0.2, 0.25) is 24.6 Å². The number of aliphatic hydroxyl groups is 2. The monoisotopic (exact) mass is 761 g/mol. The maximum atomic E-state index is 14.3. The molecule has 3 amide bonds. The van der Waals surface area contributed by atoms with E-state index >= 15 is 0 Å². The normalized spacial score (nSPS) is 16.3. The summed E-state index contributed by atoms with van der Waals surface area (Å²) < 4.78 is 32.2. The van der Waals surface area contributed by atoms with Gasteiger partial charge in [0.25, 0.3) is 0 Å². The molecule has 1 aliphatic carbocycles. The van der Waals surface area contributed by atoms with E-state index in [-0.39, 0.29) is 44.1 Å². The lowest BCUT2D eigenvalue weighted by molar-refractivity contribution is -0.137. The van der Waals surface area contributed by atoms with E-state index < -0.39 is 61.7 Å². The smallest absolute Gasteiger partial charge is 0.244 e. The van der Waals surface area contributed by atoms with E-state index in [1.165, 1.54) is 21.1 Å². The van der Waals surface area contributed by atoms with Gasteiger partial charge in [-0.3, -0.25) is 19.3 Å². The molecule has 53 heavy (non-hydrogen) atoms. The largest absolute Gasteiger partial charge is 0.390 e. The van der Waals surface area contributed by atoms with Crippen molar-refractivity contribution in [1.29, 1.82) is 0 Å². The van der Waals surface area contributed by atoms with Crippen LogP contribution >= 0.6 is 11.3 Å². The Hall–Kier alpha value is -3.95. The van der Waals surface area contributed by atoms with Gasteiger partial charge in [-0.05, 0) is 37.8 Å². The standard InChI is InChI=1S/C38H52FN5O5S.CH2F2/c1-5-7-18-33(45)36(47)31(22-28-16-12-9-13-17-28)41-38(49)35(30(6-2)32-24-50-26-40-32)42-37(48)29(21-27-14-10-8-11-15-27)23-34(46)44(4)20-19-43(3)25-39;2-1-3/h1-2,8,10-11,14-15,24,26,28-31,33,35-36,45,47H,7,9,12-13,16-23,25H2,3-4H3,(H,41,49)(H,42,48);1H2/t29?,30?,31?,33?,35-,36?;/m0./s1. The fourth-order valence-corrected chi connectivity index (χ4v) is 6.93. The number of thiazole rings is 1. The van der Waals surface area contributed by atoms with Gasteiger partial charge >= 0.3 is 0 Å². The second kappa shape index (κ2) is 25.1. The van der Waals surface area contributed by atoms with Crippen LogP contribution in [0, 0.1) is 36.5 Å². The van der Waals surface area contributed by atoms with Crippen molar-refractivity contribution in [2.24, 2.45) is 11.8 Å². The van der Waals surface area contributed by atoms with Gasteiger partial charge in [0, 0.05) is 38.4 Å². The zero-order valence-electron chi connectivity index (χ0n) is 30.6. The van der Waals surface area contributed by atoms with Gasteiger partial charge in [-0.15, -0.1) is 30.1 Å². The quantitative estimate of drug-likeness (QED) is 0.116. The molecule has 0 spiro atoms. The second-order valence-electron chi connectivity index (χ2n) is 13.4. The zero-order valence-corrected chi connectivity index (χ0v) is 31.5. The second-order valence-corrected chi connectivity index (χ2v) is 14.1. The Morgan fingerprint density at radius 2 is 1.70 bits per heavy atom. The summed E-state index contributed by atoms with van der Waals surface area (Å²) in [6, 6.07) is 7.12. The molecule has 0 aliphatic heterocycles. The van der Waals surface area contributed by atoms with Gasteiger partial charge in [0.1, 0.15) is 18.9 Å². The van der Waals surface area contributed by atoms with Crippen molar-refractivity contribution in [3.63, 3.8) is 0 Å². The number of amides is 3. The van der Waals surface area contributed by atoms with Crippen molar-refractivity contribution in [1.82, 2.24) is 25.4 Å². The number of terminal acetylenes is 2. The van der Waals surface area contributed by atoms with Crippen LogP contribution in [-0.4, -0.2) is 108 Å². The third kappa shape index (κ3) is 15.9. The number of aromatic nitrogens is 1. The third-order valence-corrected chi connectivity index (χ3v) is 10.1. The molecule has 0 radical (unpaired) electrons. The highest BCUT2D eigenvalue weighted by Gasteiger charge is 2.38. The Kier molecular flexibility index (Phi) is 21.4. The van der Waals surface area contributed by atoms with Crippen LogP contribution in [0.25, 0.3) is 0 Å². The van der Waals surface area contributed by atoms with E-state index in [1.54, 1.807) is 25.0 Å². The summed E-state index contributed by atoms with van der Waals surface area (Å²) >= 11 is 1.30. The van der Waals surface area contributed by atoms with Crippen LogP contribution in [0.1, 0.15) is 75.0 Å². The van der Waals surface area contributed by atoms with E-state index in [0.717, 1.165) is 37.7 Å². The van der Waals surface area contributed by atoms with E-state index in [4.69, 9.17) is 12.8 Å². The molecule has 0 bridgehead atoms. The number of aliphatic hydroxyl groups excluding tert-OH is 2. The Balaban J connectivity index is 0.00000313. The number of hydrogen-bond donors (Lipinski definition) is 4. The summed E-state index contributed by atoms with van der Waals surface area (Å²) in [6.07, 6.45) is 14.9. The molecule has 3 rings (SSSR count). The first-order chi connectivity index (χ1) is 25.5. The van der Waals surface area contributed by atoms with Crippen LogP contribution in [0.5, 0.6) is 0 Å². The van der Waals surface area contributed by atoms with Crippen LogP contribution in [0.3, 0.4) is 0 Å². The summed E-state index contributed by atoms with van der Waals surface area (Å²) in [6.45, 7) is -1.81. The summed E-state index contributed by atoms with van der Waals surface area (Å²) in [7, 11) is 3.21. The van der Waals surface area contributed by atoms with Crippen molar-refractivity contribution < 1.29 is 37.8 Å². The van der Waals surface area contributed by atoms with Gasteiger partial charge in [0.05, 0.1) is 35.2 Å². The highest BCUT2D eigenvalue weighted by Crippen LogP contribution is 2.29. The molecule has 4 N–H and O–H groups in total. The van der Waals surface area contributed by atoms with Crippen molar-refractivity contribution in [3.8, 4) is 24.7 Å². The summed E-state index contributed by atoms with van der Waals surface area (Å²) in [5.74, 6) is 2.02. The number of benzene rings is 1. The summed E-state index contributed by atoms with van der Waals surface area (Å²) in [5.41, 5.74) is 2.83. The number of rotatable bonds is 20. The van der Waals surface area contributed by atoms with Gasteiger partial charge in [-0.1, -0.05) is 68.4 Å². The van der Waals surface area contributed by atoms with Crippen molar-refractivity contribution >= 4 is 29.1 Å². The molecule has 0 saturated heterocycles. The van der Waals surface area contributed by atoms with Crippen LogP contribution in [0.2, 0.25) is 0 Å². The fraction of sp³-hybridized carbons (Fsp3) is 0.590. The molecule has 1 aromatic heterocycles. The van der Waals surface area contributed by atoms with Gasteiger partial charge in [-0.25, -0.2) is 18.2 Å². The van der Waals surface area contributed by atoms with Crippen molar-refractivity contribution in [3.05, 3.63) is 52.5 Å². The Morgan fingerprint density at radius 3 is 2.28 bits per heavy atom. The van der Waals surface area contributed by atoms with Crippen LogP contribution in [0.15, 0.2) is 41.2 Å². The number of carbonyl (C=O) groups excluding carboxylic acids is 3. The maximum absolute atomic E-state index is 14.3. The Bertz CT molecular complexity index is 1440. The first-order valence-electron chi connectivity index (χ1n) is 17.9. The van der Waals surface area contributed by atoms with Crippen molar-refractivity contribution in [2.75, 3.05) is 40.9 Å². The van der Waals surface area contributed by atoms with E-state index in [0.29, 0.717) is 18.7 Å². The van der Waals surface area contributed by atoms with E-state index in [1.807, 2.05) is 30.3 Å². The molecule has 292 valence electrons. The Morgan fingerprint density at radius 1 is 1.02 bits per heavy atom. The zero-order chi connectivity index (χ0) is 39.2. The molecule has 1 fully saturated rings. The predicted molar refractivity (Wildman–Crippen MR) is 200 cm³/mol.